The van der Waals surface area contributed by atoms with Crippen molar-refractivity contribution < 1.29 is 13.9 Å². The van der Waals surface area contributed by atoms with Gasteiger partial charge >= 0.3 is 0 Å². The zero-order chi connectivity index (χ0) is 15.5. The van der Waals surface area contributed by atoms with Gasteiger partial charge in [0.05, 0.1) is 25.5 Å². The van der Waals surface area contributed by atoms with E-state index in [-0.39, 0.29) is 24.0 Å². The summed E-state index contributed by atoms with van der Waals surface area (Å²) in [6.45, 7) is 9.53. The Morgan fingerprint density at radius 1 is 1.23 bits per heavy atom. The minimum atomic E-state index is 0. The highest BCUT2D eigenvalue weighted by molar-refractivity contribution is 14.0. The molecule has 0 unspecified atom stereocenters. The minimum absolute atomic E-state index is 0. The number of aromatic nitrogens is 1. The molecule has 0 fully saturated rings. The Morgan fingerprint density at radius 3 is 2.59 bits per heavy atom. The van der Waals surface area contributed by atoms with Gasteiger partial charge in [-0.25, -0.2) is 9.98 Å². The summed E-state index contributed by atoms with van der Waals surface area (Å²) >= 11 is 0. The zero-order valence-corrected chi connectivity index (χ0v) is 16.1. The highest BCUT2D eigenvalue weighted by Gasteiger charge is 2.05. The van der Waals surface area contributed by atoms with Gasteiger partial charge in [0.15, 0.2) is 5.96 Å². The average molecular weight is 426 g/mol. The SMILES string of the molecule is CCNC(=NCc1nc(C)c(C)o1)NCCOCCOC.I. The maximum Gasteiger partial charge on any atom is 0.216 e. The second-order valence-corrected chi connectivity index (χ2v) is 4.48. The van der Waals surface area contributed by atoms with E-state index in [0.717, 1.165) is 24.0 Å². The second kappa shape index (κ2) is 12.7. The van der Waals surface area contributed by atoms with Gasteiger partial charge in [-0.05, 0) is 20.8 Å². The molecule has 1 heterocycles. The molecule has 0 saturated carbocycles. The molecule has 1 rings (SSSR count). The summed E-state index contributed by atoms with van der Waals surface area (Å²) in [5.74, 6) is 2.18. The van der Waals surface area contributed by atoms with Gasteiger partial charge in [0.1, 0.15) is 12.3 Å². The summed E-state index contributed by atoms with van der Waals surface area (Å²) < 4.78 is 15.8. The van der Waals surface area contributed by atoms with Gasteiger partial charge in [0.25, 0.3) is 0 Å². The molecule has 0 aromatic carbocycles. The first-order valence-electron chi connectivity index (χ1n) is 7.19. The molecule has 0 aliphatic carbocycles. The average Bonchev–Trinajstić information content (AvgIpc) is 2.79. The van der Waals surface area contributed by atoms with E-state index in [0.29, 0.717) is 38.8 Å². The van der Waals surface area contributed by atoms with E-state index < -0.39 is 0 Å². The summed E-state index contributed by atoms with van der Waals surface area (Å²) in [5.41, 5.74) is 0.907. The largest absolute Gasteiger partial charge is 0.444 e. The third-order valence-electron chi connectivity index (χ3n) is 2.76. The second-order valence-electron chi connectivity index (χ2n) is 4.48. The molecule has 0 saturated heterocycles. The number of rotatable bonds is 9. The fourth-order valence-electron chi connectivity index (χ4n) is 1.58. The van der Waals surface area contributed by atoms with E-state index >= 15 is 0 Å². The molecule has 0 amide bonds. The summed E-state index contributed by atoms with van der Waals surface area (Å²) in [6, 6.07) is 0. The number of nitrogens with zero attached hydrogens (tertiary/aromatic N) is 2. The smallest absolute Gasteiger partial charge is 0.216 e. The summed E-state index contributed by atoms with van der Waals surface area (Å²) in [7, 11) is 1.66. The van der Waals surface area contributed by atoms with Crippen molar-refractivity contribution in [3.05, 3.63) is 17.3 Å². The molecule has 0 radical (unpaired) electrons. The lowest BCUT2D eigenvalue weighted by molar-refractivity contribution is 0.0733. The number of hydrogen-bond acceptors (Lipinski definition) is 5. The van der Waals surface area contributed by atoms with Crippen molar-refractivity contribution in [3.63, 3.8) is 0 Å². The number of halogens is 1. The van der Waals surface area contributed by atoms with Crippen molar-refractivity contribution >= 4 is 29.9 Å². The maximum absolute atomic E-state index is 5.50. The number of oxazole rings is 1. The van der Waals surface area contributed by atoms with Crippen LogP contribution in [0.3, 0.4) is 0 Å². The lowest BCUT2D eigenvalue weighted by Crippen LogP contribution is -2.39. The van der Waals surface area contributed by atoms with Gasteiger partial charge in [0, 0.05) is 20.2 Å². The van der Waals surface area contributed by atoms with E-state index in [4.69, 9.17) is 13.9 Å². The zero-order valence-electron chi connectivity index (χ0n) is 13.8. The molecule has 0 aliphatic rings. The number of hydrogen-bond donors (Lipinski definition) is 2. The van der Waals surface area contributed by atoms with Crippen molar-refractivity contribution in [2.45, 2.75) is 27.3 Å². The van der Waals surface area contributed by atoms with Crippen molar-refractivity contribution in [2.75, 3.05) is 40.0 Å². The van der Waals surface area contributed by atoms with E-state index in [1.165, 1.54) is 0 Å². The summed E-state index contributed by atoms with van der Waals surface area (Å²) in [6.07, 6.45) is 0. The van der Waals surface area contributed by atoms with Crippen LogP contribution in [0.1, 0.15) is 24.3 Å². The van der Waals surface area contributed by atoms with Crippen molar-refractivity contribution in [1.82, 2.24) is 15.6 Å². The number of aryl methyl sites for hydroxylation is 2. The predicted molar refractivity (Wildman–Crippen MR) is 96.9 cm³/mol. The van der Waals surface area contributed by atoms with Gasteiger partial charge in [-0.3, -0.25) is 0 Å². The molecular weight excluding hydrogens is 399 g/mol. The molecule has 128 valence electrons. The van der Waals surface area contributed by atoms with Crippen molar-refractivity contribution in [2.24, 2.45) is 4.99 Å². The van der Waals surface area contributed by atoms with Crippen LogP contribution in [0.15, 0.2) is 9.41 Å². The van der Waals surface area contributed by atoms with Gasteiger partial charge in [-0.15, -0.1) is 24.0 Å². The number of methoxy groups -OCH3 is 1. The Bertz CT molecular complexity index is 418. The molecule has 0 aliphatic heterocycles. The Morgan fingerprint density at radius 2 is 2.00 bits per heavy atom. The molecule has 0 bridgehead atoms. The molecule has 2 N–H and O–H groups in total. The third kappa shape index (κ3) is 8.54. The number of guanidine groups is 1. The summed E-state index contributed by atoms with van der Waals surface area (Å²) in [4.78, 5) is 8.73. The van der Waals surface area contributed by atoms with Crippen LogP contribution in [0.4, 0.5) is 0 Å². The molecule has 1 aromatic heterocycles. The lowest BCUT2D eigenvalue weighted by atomic mass is 10.4. The molecule has 0 atom stereocenters. The van der Waals surface area contributed by atoms with Gasteiger partial charge in [-0.2, -0.15) is 0 Å². The first-order chi connectivity index (χ1) is 10.2. The topological polar surface area (TPSA) is 80.9 Å². The first-order valence-corrected chi connectivity index (χ1v) is 7.19. The van der Waals surface area contributed by atoms with E-state index in [1.54, 1.807) is 7.11 Å². The monoisotopic (exact) mass is 426 g/mol. The van der Waals surface area contributed by atoms with Crippen LogP contribution < -0.4 is 10.6 Å². The summed E-state index contributed by atoms with van der Waals surface area (Å²) in [5, 5.41) is 6.36. The minimum Gasteiger partial charge on any atom is -0.444 e. The molecule has 8 heteroatoms. The number of aliphatic imine (C=N–C) groups is 1. The Kier molecular flexibility index (Phi) is 12.2. The maximum atomic E-state index is 5.50. The third-order valence-corrected chi connectivity index (χ3v) is 2.76. The first kappa shape index (κ1) is 21.1. The molecule has 0 spiro atoms. The fourth-order valence-corrected chi connectivity index (χ4v) is 1.58. The van der Waals surface area contributed by atoms with Gasteiger partial charge in [-0.1, -0.05) is 0 Å². The van der Waals surface area contributed by atoms with Crippen LogP contribution in [-0.2, 0) is 16.0 Å². The van der Waals surface area contributed by atoms with Crippen molar-refractivity contribution in [3.8, 4) is 0 Å². The number of nitrogens with one attached hydrogen (secondary N) is 2. The van der Waals surface area contributed by atoms with Crippen LogP contribution in [0.25, 0.3) is 0 Å². The molecule has 22 heavy (non-hydrogen) atoms. The van der Waals surface area contributed by atoms with E-state index in [2.05, 4.69) is 20.6 Å². The quantitative estimate of drug-likeness (QED) is 0.271. The predicted octanol–water partition coefficient (Wildman–Crippen LogP) is 1.63. The van der Waals surface area contributed by atoms with Crippen LogP contribution >= 0.6 is 24.0 Å². The van der Waals surface area contributed by atoms with Crippen LogP contribution in [0, 0.1) is 13.8 Å². The molecule has 1 aromatic rings. The highest BCUT2D eigenvalue weighted by Crippen LogP contribution is 2.08. The van der Waals surface area contributed by atoms with Crippen LogP contribution in [0.2, 0.25) is 0 Å². The number of ether oxygens (including phenoxy) is 2. The van der Waals surface area contributed by atoms with Gasteiger partial charge in [0.2, 0.25) is 5.89 Å². The fraction of sp³-hybridized carbons (Fsp3) is 0.714. The normalized spacial score (nSPS) is 11.2. The molecular formula is C14H27IN4O3. The Balaban J connectivity index is 0.00000441. The molecule has 7 nitrogen and oxygen atoms in total. The van der Waals surface area contributed by atoms with E-state index in [9.17, 15) is 0 Å². The standard InChI is InChI=1S/C14H26N4O3.HI/c1-5-15-14(16-6-7-20-9-8-19-4)17-10-13-18-11(2)12(3)21-13;/h5-10H2,1-4H3,(H2,15,16,17);1H. The van der Waals surface area contributed by atoms with Crippen molar-refractivity contribution in [1.29, 1.82) is 0 Å². The highest BCUT2D eigenvalue weighted by atomic mass is 127. The van der Waals surface area contributed by atoms with Crippen LogP contribution in [0.5, 0.6) is 0 Å². The van der Waals surface area contributed by atoms with E-state index in [1.807, 2.05) is 20.8 Å². The lowest BCUT2D eigenvalue weighted by Gasteiger charge is -2.11. The Labute approximate surface area is 149 Å². The van der Waals surface area contributed by atoms with Crippen LogP contribution in [-0.4, -0.2) is 51.0 Å². The Hall–Kier alpha value is -0.870. The van der Waals surface area contributed by atoms with Gasteiger partial charge < -0.3 is 24.5 Å².